The zero-order valence-corrected chi connectivity index (χ0v) is 23.0. The summed E-state index contributed by atoms with van der Waals surface area (Å²) in [5.41, 5.74) is 5.06. The summed E-state index contributed by atoms with van der Waals surface area (Å²) in [6, 6.07) is 10.7. The largest absolute Gasteiger partial charge is 0.493 e. The fourth-order valence-corrected chi connectivity index (χ4v) is 6.54. The molecule has 1 N–H and O–H groups in total. The maximum Gasteiger partial charge on any atom is 0.131 e. The summed E-state index contributed by atoms with van der Waals surface area (Å²) in [6.45, 7) is 17.8. The summed E-state index contributed by atoms with van der Waals surface area (Å²) in [5.74, 6) is 1.85. The van der Waals surface area contributed by atoms with Gasteiger partial charge in [0.15, 0.2) is 0 Å². The molecule has 0 radical (unpaired) electrons. The summed E-state index contributed by atoms with van der Waals surface area (Å²) >= 11 is 0. The van der Waals surface area contributed by atoms with Crippen LogP contribution in [0.2, 0.25) is 0 Å². The molecule has 1 atom stereocenters. The average Bonchev–Trinajstić information content (AvgIpc) is 3.48. The van der Waals surface area contributed by atoms with Crippen LogP contribution >= 0.6 is 0 Å². The quantitative estimate of drug-likeness (QED) is 0.261. The lowest BCUT2D eigenvalue weighted by Gasteiger charge is -2.31. The Bertz CT molecular complexity index is 1050. The number of halogens is 1. The van der Waals surface area contributed by atoms with Gasteiger partial charge in [-0.05, 0) is 111 Å². The molecule has 0 heterocycles. The van der Waals surface area contributed by atoms with Gasteiger partial charge >= 0.3 is 0 Å². The molecule has 4 rings (SSSR count). The Morgan fingerprint density at radius 3 is 2.16 bits per heavy atom. The molecule has 2 aliphatic rings. The van der Waals surface area contributed by atoms with Gasteiger partial charge in [-0.2, -0.15) is 0 Å². The van der Waals surface area contributed by atoms with Crippen LogP contribution in [0.1, 0.15) is 71.3 Å². The van der Waals surface area contributed by atoms with E-state index in [4.69, 9.17) is 9.47 Å². The van der Waals surface area contributed by atoms with Crippen LogP contribution < -0.4 is 14.8 Å². The summed E-state index contributed by atoms with van der Waals surface area (Å²) in [7, 11) is 0. The van der Waals surface area contributed by atoms with Gasteiger partial charge < -0.3 is 14.8 Å². The Labute approximate surface area is 223 Å². The molecule has 2 aromatic carbocycles. The molecule has 3 nitrogen and oxygen atoms in total. The van der Waals surface area contributed by atoms with Crippen molar-refractivity contribution in [2.45, 2.75) is 72.3 Å². The van der Waals surface area contributed by atoms with Crippen molar-refractivity contribution in [2.75, 3.05) is 19.8 Å². The van der Waals surface area contributed by atoms with Crippen molar-refractivity contribution < 1.29 is 13.9 Å². The highest BCUT2D eigenvalue weighted by Gasteiger charge is 2.53. The van der Waals surface area contributed by atoms with E-state index in [0.29, 0.717) is 30.0 Å². The Kier molecular flexibility index (Phi) is 8.79. The van der Waals surface area contributed by atoms with Crippen molar-refractivity contribution in [3.63, 3.8) is 0 Å². The number of ether oxygens (including phenoxy) is 2. The van der Waals surface area contributed by atoms with Crippen LogP contribution in [0.15, 0.2) is 61.2 Å². The molecule has 1 unspecified atom stereocenters. The predicted molar refractivity (Wildman–Crippen MR) is 152 cm³/mol. The Hall–Kier alpha value is -2.59. The molecule has 2 aliphatic carbocycles. The number of rotatable bonds is 14. The van der Waals surface area contributed by atoms with Gasteiger partial charge in [0.05, 0.1) is 18.8 Å². The van der Waals surface area contributed by atoms with Gasteiger partial charge in [-0.1, -0.05) is 43.7 Å². The van der Waals surface area contributed by atoms with E-state index in [2.05, 4.69) is 43.6 Å². The van der Waals surface area contributed by atoms with Gasteiger partial charge in [0.2, 0.25) is 0 Å². The third-order valence-electron chi connectivity index (χ3n) is 8.81. The van der Waals surface area contributed by atoms with Crippen molar-refractivity contribution >= 4 is 0 Å². The van der Waals surface area contributed by atoms with E-state index in [-0.39, 0.29) is 5.82 Å². The second kappa shape index (κ2) is 11.9. The van der Waals surface area contributed by atoms with Crippen LogP contribution in [0, 0.1) is 22.6 Å². The summed E-state index contributed by atoms with van der Waals surface area (Å²) in [5, 5.41) is 3.70. The SMILES string of the molecule is C=CC12CCC(C(=C)CC(CC)CNCc3cc(OCC)c(-c4ccc(F)cc4)c(OCC)c3)(CC1)C2. The van der Waals surface area contributed by atoms with Crippen LogP contribution in [0.5, 0.6) is 11.5 Å². The normalized spacial score (nSPS) is 23.1. The second-order valence-electron chi connectivity index (χ2n) is 11.1. The molecule has 37 heavy (non-hydrogen) atoms. The fraction of sp³-hybridized carbons (Fsp3) is 0.515. The van der Waals surface area contributed by atoms with E-state index in [1.807, 2.05) is 13.8 Å². The van der Waals surface area contributed by atoms with Gasteiger partial charge in [-0.3, -0.25) is 0 Å². The molecule has 2 aromatic rings. The lowest BCUT2D eigenvalue weighted by molar-refractivity contribution is 0.319. The molecule has 2 bridgehead atoms. The molecule has 2 saturated carbocycles. The molecular formula is C33H44FNO2. The van der Waals surface area contributed by atoms with Crippen LogP contribution in [-0.4, -0.2) is 19.8 Å². The number of benzene rings is 2. The lowest BCUT2D eigenvalue weighted by Crippen LogP contribution is -2.25. The first kappa shape index (κ1) is 27.4. The fourth-order valence-electron chi connectivity index (χ4n) is 6.54. The first-order chi connectivity index (χ1) is 17.9. The molecule has 0 aromatic heterocycles. The van der Waals surface area contributed by atoms with Crippen LogP contribution in [-0.2, 0) is 6.54 Å². The van der Waals surface area contributed by atoms with E-state index in [1.54, 1.807) is 12.1 Å². The smallest absolute Gasteiger partial charge is 0.131 e. The topological polar surface area (TPSA) is 30.5 Å². The zero-order valence-electron chi connectivity index (χ0n) is 23.0. The summed E-state index contributed by atoms with van der Waals surface area (Å²) < 4.78 is 25.6. The van der Waals surface area contributed by atoms with Gasteiger partial charge in [0.1, 0.15) is 17.3 Å². The molecule has 4 heteroatoms. The Morgan fingerprint density at radius 2 is 1.65 bits per heavy atom. The van der Waals surface area contributed by atoms with Crippen molar-refractivity contribution in [1.29, 1.82) is 0 Å². The molecule has 2 fully saturated rings. The van der Waals surface area contributed by atoms with Crippen molar-refractivity contribution in [1.82, 2.24) is 5.32 Å². The lowest BCUT2D eigenvalue weighted by atomic mass is 9.74. The van der Waals surface area contributed by atoms with E-state index in [0.717, 1.165) is 54.1 Å². The molecule has 0 spiro atoms. The van der Waals surface area contributed by atoms with E-state index < -0.39 is 0 Å². The van der Waals surface area contributed by atoms with Crippen molar-refractivity contribution in [3.05, 3.63) is 72.6 Å². The first-order valence-corrected chi connectivity index (χ1v) is 14.1. The molecule has 0 amide bonds. The van der Waals surface area contributed by atoms with Gasteiger partial charge in [0.25, 0.3) is 0 Å². The maximum absolute atomic E-state index is 13.6. The van der Waals surface area contributed by atoms with Gasteiger partial charge in [0, 0.05) is 6.54 Å². The number of hydrogen-bond donors (Lipinski definition) is 1. The third-order valence-corrected chi connectivity index (χ3v) is 8.81. The predicted octanol–water partition coefficient (Wildman–Crippen LogP) is 8.49. The highest BCUT2D eigenvalue weighted by atomic mass is 19.1. The molecular weight excluding hydrogens is 461 g/mol. The van der Waals surface area contributed by atoms with Crippen LogP contribution in [0.25, 0.3) is 11.1 Å². The number of nitrogens with one attached hydrogen (secondary N) is 1. The minimum Gasteiger partial charge on any atom is -0.493 e. The van der Waals surface area contributed by atoms with Gasteiger partial charge in [-0.15, -0.1) is 6.58 Å². The maximum atomic E-state index is 13.6. The van der Waals surface area contributed by atoms with E-state index in [1.165, 1.54) is 49.8 Å². The van der Waals surface area contributed by atoms with Crippen LogP contribution in [0.4, 0.5) is 4.39 Å². The van der Waals surface area contributed by atoms with E-state index >= 15 is 0 Å². The third kappa shape index (κ3) is 5.95. The number of fused-ring (bicyclic) bond motifs is 2. The zero-order chi connectivity index (χ0) is 26.5. The number of hydrogen-bond acceptors (Lipinski definition) is 3. The standard InChI is InChI=1S/C33H44FNO2/c1-6-25(18-24(5)33-16-14-32(7-2,23-33)15-17-33)21-35-22-26-19-29(36-8-3)31(30(20-26)37-9-4)27-10-12-28(34)13-11-27/h7,10-13,19-20,25,35H,2,5-6,8-9,14-18,21-23H2,1,3-4H3. The molecule has 0 aliphatic heterocycles. The average molecular weight is 506 g/mol. The van der Waals surface area contributed by atoms with E-state index in [9.17, 15) is 4.39 Å². The first-order valence-electron chi connectivity index (χ1n) is 14.1. The molecule has 0 saturated heterocycles. The van der Waals surface area contributed by atoms with Crippen molar-refractivity contribution in [2.24, 2.45) is 16.7 Å². The minimum atomic E-state index is -0.255. The van der Waals surface area contributed by atoms with Crippen LogP contribution in [0.3, 0.4) is 0 Å². The highest BCUT2D eigenvalue weighted by molar-refractivity contribution is 5.77. The minimum absolute atomic E-state index is 0.255. The summed E-state index contributed by atoms with van der Waals surface area (Å²) in [4.78, 5) is 0. The van der Waals surface area contributed by atoms with Crippen molar-refractivity contribution in [3.8, 4) is 22.6 Å². The highest BCUT2D eigenvalue weighted by Crippen LogP contribution is 2.65. The second-order valence-corrected chi connectivity index (χ2v) is 11.1. The number of allylic oxidation sites excluding steroid dienone is 2. The molecule has 200 valence electrons. The Balaban J connectivity index is 1.43. The van der Waals surface area contributed by atoms with Gasteiger partial charge in [-0.25, -0.2) is 4.39 Å². The Morgan fingerprint density at radius 1 is 1.03 bits per heavy atom. The monoisotopic (exact) mass is 505 g/mol. The summed E-state index contributed by atoms with van der Waals surface area (Å²) in [6.07, 6.45) is 10.8.